The Morgan fingerprint density at radius 3 is 2.75 bits per heavy atom. The molecule has 0 aromatic heterocycles. The number of hydrogen-bond acceptors (Lipinski definition) is 3. The Morgan fingerprint density at radius 1 is 1.21 bits per heavy atom. The van der Waals surface area contributed by atoms with Crippen LogP contribution in [0.15, 0.2) is 47.4 Å². The minimum Gasteiger partial charge on any atom is -0.488 e. The van der Waals surface area contributed by atoms with Crippen LogP contribution in [-0.2, 0) is 23.0 Å². The fourth-order valence-electron chi connectivity index (χ4n) is 2.71. The number of fused-ring (bicyclic) bond motifs is 1. The van der Waals surface area contributed by atoms with E-state index in [1.807, 2.05) is 13.8 Å². The molecule has 0 atom stereocenters. The van der Waals surface area contributed by atoms with Gasteiger partial charge >= 0.3 is 0 Å². The van der Waals surface area contributed by atoms with Crippen LogP contribution in [0.25, 0.3) is 0 Å². The number of nitrogens with one attached hydrogen (secondary N) is 1. The SMILES string of the molecule is CC1(C)CCc2cc(S(=O)(=O)NCc3cccc(F)c3)ccc2O1. The second-order valence-electron chi connectivity index (χ2n) is 6.59. The third-order valence-electron chi connectivity index (χ3n) is 4.08. The van der Waals surface area contributed by atoms with Crippen LogP contribution >= 0.6 is 0 Å². The van der Waals surface area contributed by atoms with Gasteiger partial charge in [0.15, 0.2) is 0 Å². The molecule has 3 rings (SSSR count). The van der Waals surface area contributed by atoms with Crippen molar-refractivity contribution in [1.82, 2.24) is 4.72 Å². The van der Waals surface area contributed by atoms with Crippen molar-refractivity contribution in [2.24, 2.45) is 0 Å². The maximum atomic E-state index is 13.2. The lowest BCUT2D eigenvalue weighted by Crippen LogP contribution is -2.32. The summed E-state index contributed by atoms with van der Waals surface area (Å²) in [5, 5.41) is 0. The summed E-state index contributed by atoms with van der Waals surface area (Å²) >= 11 is 0. The van der Waals surface area contributed by atoms with Crippen molar-refractivity contribution in [2.45, 2.75) is 43.7 Å². The monoisotopic (exact) mass is 349 g/mol. The van der Waals surface area contributed by atoms with Crippen LogP contribution in [0.3, 0.4) is 0 Å². The van der Waals surface area contributed by atoms with Gasteiger partial charge in [0.05, 0.1) is 4.90 Å². The molecule has 0 saturated heterocycles. The van der Waals surface area contributed by atoms with Gasteiger partial charge in [0.25, 0.3) is 0 Å². The zero-order valence-corrected chi connectivity index (χ0v) is 14.5. The Balaban J connectivity index is 1.78. The quantitative estimate of drug-likeness (QED) is 0.920. The van der Waals surface area contributed by atoms with E-state index in [0.717, 1.165) is 24.2 Å². The average molecular weight is 349 g/mol. The Labute approximate surface area is 141 Å². The average Bonchev–Trinajstić information content (AvgIpc) is 2.52. The Morgan fingerprint density at radius 2 is 2.00 bits per heavy atom. The third kappa shape index (κ3) is 3.76. The van der Waals surface area contributed by atoms with Gasteiger partial charge in [-0.25, -0.2) is 17.5 Å². The molecule has 6 heteroatoms. The van der Waals surface area contributed by atoms with E-state index in [2.05, 4.69) is 4.72 Å². The number of sulfonamides is 1. The lowest BCUT2D eigenvalue weighted by molar-refractivity contribution is 0.0845. The van der Waals surface area contributed by atoms with E-state index in [4.69, 9.17) is 4.74 Å². The molecule has 0 fully saturated rings. The molecule has 0 spiro atoms. The number of hydrogen-bond donors (Lipinski definition) is 1. The van der Waals surface area contributed by atoms with Crippen LogP contribution in [0.1, 0.15) is 31.4 Å². The maximum Gasteiger partial charge on any atom is 0.240 e. The highest BCUT2D eigenvalue weighted by Crippen LogP contribution is 2.34. The first-order valence-corrected chi connectivity index (χ1v) is 9.30. The summed E-state index contributed by atoms with van der Waals surface area (Å²) in [6.07, 6.45) is 1.61. The van der Waals surface area contributed by atoms with Crippen molar-refractivity contribution in [1.29, 1.82) is 0 Å². The van der Waals surface area contributed by atoms with Gasteiger partial charge in [0.1, 0.15) is 17.2 Å². The number of rotatable bonds is 4. The van der Waals surface area contributed by atoms with Gasteiger partial charge in [-0.2, -0.15) is 0 Å². The molecule has 2 aromatic carbocycles. The van der Waals surface area contributed by atoms with E-state index < -0.39 is 10.0 Å². The van der Waals surface area contributed by atoms with Gasteiger partial charge in [-0.05, 0) is 68.1 Å². The van der Waals surface area contributed by atoms with Crippen LogP contribution in [0.4, 0.5) is 4.39 Å². The highest BCUT2D eigenvalue weighted by atomic mass is 32.2. The van der Waals surface area contributed by atoms with Crippen molar-refractivity contribution in [3.8, 4) is 5.75 Å². The third-order valence-corrected chi connectivity index (χ3v) is 5.48. The summed E-state index contributed by atoms with van der Waals surface area (Å²) < 4.78 is 46.5. The van der Waals surface area contributed by atoms with Crippen molar-refractivity contribution >= 4 is 10.0 Å². The molecule has 24 heavy (non-hydrogen) atoms. The van der Waals surface area contributed by atoms with Gasteiger partial charge in [-0.1, -0.05) is 12.1 Å². The Bertz CT molecular complexity index is 862. The molecule has 2 aromatic rings. The second-order valence-corrected chi connectivity index (χ2v) is 8.35. The normalized spacial score (nSPS) is 16.3. The molecule has 4 nitrogen and oxygen atoms in total. The van der Waals surface area contributed by atoms with Crippen LogP contribution in [0, 0.1) is 5.82 Å². The summed E-state index contributed by atoms with van der Waals surface area (Å²) in [6.45, 7) is 4.07. The summed E-state index contributed by atoms with van der Waals surface area (Å²) in [7, 11) is -3.66. The molecule has 0 unspecified atom stereocenters. The molecule has 128 valence electrons. The number of ether oxygens (including phenoxy) is 1. The summed E-state index contributed by atoms with van der Waals surface area (Å²) in [4.78, 5) is 0.195. The van der Waals surface area contributed by atoms with Crippen LogP contribution in [0.2, 0.25) is 0 Å². The first-order chi connectivity index (χ1) is 11.3. The van der Waals surface area contributed by atoms with E-state index in [0.29, 0.717) is 5.56 Å². The van der Waals surface area contributed by atoms with Gasteiger partial charge in [-0.15, -0.1) is 0 Å². The zero-order chi connectivity index (χ0) is 17.4. The zero-order valence-electron chi connectivity index (χ0n) is 13.7. The molecule has 0 amide bonds. The Hall–Kier alpha value is -1.92. The van der Waals surface area contributed by atoms with Gasteiger partial charge < -0.3 is 4.74 Å². The molecule has 0 saturated carbocycles. The summed E-state index contributed by atoms with van der Waals surface area (Å²) in [5.41, 5.74) is 1.23. The highest BCUT2D eigenvalue weighted by Gasteiger charge is 2.27. The standard InChI is InChI=1S/C18H20FNO3S/c1-18(2)9-8-14-11-16(6-7-17(14)23-18)24(21,22)20-12-13-4-3-5-15(19)10-13/h3-7,10-11,20H,8-9,12H2,1-2H3. The highest BCUT2D eigenvalue weighted by molar-refractivity contribution is 7.89. The molecule has 1 aliphatic rings. The molecule has 0 aliphatic carbocycles. The van der Waals surface area contributed by atoms with E-state index in [1.54, 1.807) is 24.3 Å². The van der Waals surface area contributed by atoms with E-state index in [9.17, 15) is 12.8 Å². The largest absolute Gasteiger partial charge is 0.488 e. The topological polar surface area (TPSA) is 55.4 Å². The lowest BCUT2D eigenvalue weighted by Gasteiger charge is -2.32. The van der Waals surface area contributed by atoms with E-state index in [-0.39, 0.29) is 22.9 Å². The molecular weight excluding hydrogens is 329 g/mol. The lowest BCUT2D eigenvalue weighted by atomic mass is 9.94. The number of benzene rings is 2. The second kappa shape index (κ2) is 6.18. The van der Waals surface area contributed by atoms with Crippen LogP contribution < -0.4 is 9.46 Å². The predicted molar refractivity (Wildman–Crippen MR) is 89.9 cm³/mol. The predicted octanol–water partition coefficient (Wildman–Crippen LogP) is 3.41. The minimum absolute atomic E-state index is 0.0424. The first-order valence-electron chi connectivity index (χ1n) is 7.81. The van der Waals surface area contributed by atoms with Crippen molar-refractivity contribution in [3.63, 3.8) is 0 Å². The molecule has 0 radical (unpaired) electrons. The Kier molecular flexibility index (Phi) is 4.36. The van der Waals surface area contributed by atoms with E-state index >= 15 is 0 Å². The van der Waals surface area contributed by atoms with Crippen molar-refractivity contribution in [2.75, 3.05) is 0 Å². The van der Waals surface area contributed by atoms with Gasteiger partial charge in [0, 0.05) is 6.54 Å². The number of aryl methyl sites for hydroxylation is 1. The molecule has 0 bridgehead atoms. The van der Waals surface area contributed by atoms with Gasteiger partial charge in [-0.3, -0.25) is 0 Å². The fourth-order valence-corrected chi connectivity index (χ4v) is 3.78. The molecule has 1 N–H and O–H groups in total. The van der Waals surface area contributed by atoms with Crippen LogP contribution in [0.5, 0.6) is 5.75 Å². The van der Waals surface area contributed by atoms with Gasteiger partial charge in [0.2, 0.25) is 10.0 Å². The summed E-state index contributed by atoms with van der Waals surface area (Å²) in [6, 6.07) is 10.7. The fraction of sp³-hybridized carbons (Fsp3) is 0.333. The molecule has 1 heterocycles. The molecular formula is C18H20FNO3S. The maximum absolute atomic E-state index is 13.2. The van der Waals surface area contributed by atoms with E-state index in [1.165, 1.54) is 18.2 Å². The first kappa shape index (κ1) is 16.9. The minimum atomic E-state index is -3.66. The smallest absolute Gasteiger partial charge is 0.240 e. The van der Waals surface area contributed by atoms with Crippen LogP contribution in [-0.4, -0.2) is 14.0 Å². The number of halogens is 1. The van der Waals surface area contributed by atoms with Crippen molar-refractivity contribution in [3.05, 3.63) is 59.4 Å². The summed E-state index contributed by atoms with van der Waals surface area (Å²) in [5.74, 6) is 0.343. The van der Waals surface area contributed by atoms with Crippen molar-refractivity contribution < 1.29 is 17.5 Å². The molecule has 1 aliphatic heterocycles.